The Labute approximate surface area is 172 Å². The van der Waals surface area contributed by atoms with Crippen molar-refractivity contribution >= 4 is 22.7 Å². The Morgan fingerprint density at radius 3 is 2.62 bits per heavy atom. The zero-order valence-electron chi connectivity index (χ0n) is 16.4. The van der Waals surface area contributed by atoms with Crippen molar-refractivity contribution in [3.63, 3.8) is 0 Å². The highest BCUT2D eigenvalue weighted by atomic mass is 32.2. The average molecular weight is 407 g/mol. The average Bonchev–Trinajstić information content (AvgIpc) is 3.16. The van der Waals surface area contributed by atoms with E-state index in [4.69, 9.17) is 4.74 Å². The number of ether oxygens (including phenoxy) is 1. The second-order valence-corrected chi connectivity index (χ2v) is 7.82. The molecule has 2 heterocycles. The van der Waals surface area contributed by atoms with Crippen LogP contribution in [0, 0.1) is 0 Å². The highest BCUT2D eigenvalue weighted by Crippen LogP contribution is 2.34. The van der Waals surface area contributed by atoms with Crippen molar-refractivity contribution in [2.24, 2.45) is 0 Å². The molecule has 0 aliphatic rings. The summed E-state index contributed by atoms with van der Waals surface area (Å²) in [4.78, 5) is 19.9. The molecule has 0 spiro atoms. The van der Waals surface area contributed by atoms with Crippen LogP contribution >= 0.6 is 11.8 Å². The summed E-state index contributed by atoms with van der Waals surface area (Å²) in [6, 6.07) is 15.1. The molecule has 0 unspecified atom stereocenters. The first kappa shape index (κ1) is 19.2. The molecule has 2 aromatic carbocycles. The summed E-state index contributed by atoms with van der Waals surface area (Å²) in [5.41, 5.74) is 1.53. The molecule has 0 aliphatic heterocycles. The van der Waals surface area contributed by atoms with E-state index in [1.54, 1.807) is 13.2 Å². The predicted octanol–water partition coefficient (Wildman–Crippen LogP) is 4.06. The molecular weight excluding hydrogens is 386 g/mol. The number of thioether (sulfide) groups is 1. The van der Waals surface area contributed by atoms with Gasteiger partial charge in [-0.05, 0) is 50.2 Å². The van der Waals surface area contributed by atoms with Gasteiger partial charge in [-0.1, -0.05) is 23.9 Å². The van der Waals surface area contributed by atoms with Crippen LogP contribution < -0.4 is 10.3 Å². The van der Waals surface area contributed by atoms with E-state index < -0.39 is 0 Å². The number of hydrogen-bond acceptors (Lipinski definition) is 6. The summed E-state index contributed by atoms with van der Waals surface area (Å²) in [6.07, 6.45) is 0. The van der Waals surface area contributed by atoms with Gasteiger partial charge in [0.15, 0.2) is 11.0 Å². The van der Waals surface area contributed by atoms with Gasteiger partial charge in [-0.2, -0.15) is 0 Å². The van der Waals surface area contributed by atoms with Crippen molar-refractivity contribution < 1.29 is 4.74 Å². The van der Waals surface area contributed by atoms with Crippen LogP contribution in [0.25, 0.3) is 22.3 Å². The van der Waals surface area contributed by atoms with Crippen LogP contribution in [-0.2, 0) is 6.54 Å². The van der Waals surface area contributed by atoms with Gasteiger partial charge in [-0.15, -0.1) is 10.2 Å². The van der Waals surface area contributed by atoms with Gasteiger partial charge < -0.3 is 14.3 Å². The summed E-state index contributed by atoms with van der Waals surface area (Å²) >= 11 is 1.52. The van der Waals surface area contributed by atoms with Gasteiger partial charge in [0.25, 0.3) is 5.56 Å². The fourth-order valence-electron chi connectivity index (χ4n) is 3.13. The minimum Gasteiger partial charge on any atom is -0.497 e. The highest BCUT2D eigenvalue weighted by Gasteiger charge is 2.19. The van der Waals surface area contributed by atoms with Crippen LogP contribution in [0.2, 0.25) is 0 Å². The van der Waals surface area contributed by atoms with E-state index in [0.29, 0.717) is 16.7 Å². The summed E-state index contributed by atoms with van der Waals surface area (Å²) < 4.78 is 7.28. The number of methoxy groups -OCH3 is 1. The molecule has 0 bridgehead atoms. The number of nitrogens with zero attached hydrogens (tertiary/aromatic N) is 4. The molecule has 7 nitrogen and oxygen atoms in total. The molecule has 0 fully saturated rings. The van der Waals surface area contributed by atoms with E-state index in [0.717, 1.165) is 28.8 Å². The van der Waals surface area contributed by atoms with Gasteiger partial charge in [0.05, 0.1) is 23.3 Å². The lowest BCUT2D eigenvalue weighted by Crippen LogP contribution is -2.13. The van der Waals surface area contributed by atoms with E-state index in [2.05, 4.69) is 31.7 Å². The molecule has 0 amide bonds. The monoisotopic (exact) mass is 407 g/mol. The van der Waals surface area contributed by atoms with E-state index in [-0.39, 0.29) is 10.8 Å². The molecule has 2 aromatic heterocycles. The van der Waals surface area contributed by atoms with Crippen LogP contribution in [0.5, 0.6) is 5.75 Å². The predicted molar refractivity (Wildman–Crippen MR) is 114 cm³/mol. The number of fused-ring (bicyclic) bond motifs is 1. The second-order valence-electron chi connectivity index (χ2n) is 6.51. The SMILES string of the molecule is CCn1c(S[C@@H](C)c2nc3ccccc3c(=O)[nH]2)nnc1-c1ccc(OC)cc1. The number of para-hydroxylation sites is 1. The van der Waals surface area contributed by atoms with Gasteiger partial charge in [-0.3, -0.25) is 4.79 Å². The number of aromatic nitrogens is 5. The number of nitrogens with one attached hydrogen (secondary N) is 1. The Morgan fingerprint density at radius 2 is 1.90 bits per heavy atom. The summed E-state index contributed by atoms with van der Waals surface area (Å²) in [6.45, 7) is 4.78. The Morgan fingerprint density at radius 1 is 1.14 bits per heavy atom. The number of benzene rings is 2. The quantitative estimate of drug-likeness (QED) is 0.485. The standard InChI is InChI=1S/C21H21N5O2S/c1-4-26-19(14-9-11-15(28-3)12-10-14)24-25-21(26)29-13(2)18-22-17-8-6-5-7-16(17)20(27)23-18/h5-13H,4H2,1-3H3,(H,22,23,27)/t13-/m0/s1. The molecule has 8 heteroatoms. The zero-order valence-corrected chi connectivity index (χ0v) is 17.2. The van der Waals surface area contributed by atoms with E-state index in [1.807, 2.05) is 49.4 Å². The lowest BCUT2D eigenvalue weighted by atomic mass is 10.2. The van der Waals surface area contributed by atoms with Crippen molar-refractivity contribution in [1.82, 2.24) is 24.7 Å². The van der Waals surface area contributed by atoms with Crippen LogP contribution in [0.3, 0.4) is 0 Å². The summed E-state index contributed by atoms with van der Waals surface area (Å²) in [5, 5.41) is 10.0. The molecule has 0 aliphatic carbocycles. The lowest BCUT2D eigenvalue weighted by molar-refractivity contribution is 0.415. The van der Waals surface area contributed by atoms with Crippen LogP contribution in [0.15, 0.2) is 58.5 Å². The first-order chi connectivity index (χ1) is 14.1. The van der Waals surface area contributed by atoms with E-state index >= 15 is 0 Å². The fourth-order valence-corrected chi connectivity index (χ4v) is 4.10. The van der Waals surface area contributed by atoms with Crippen molar-refractivity contribution in [2.45, 2.75) is 30.8 Å². The third-order valence-corrected chi connectivity index (χ3v) is 5.77. The maximum atomic E-state index is 12.4. The van der Waals surface area contributed by atoms with Crippen molar-refractivity contribution in [3.05, 3.63) is 64.7 Å². The Hall–Kier alpha value is -3.13. The Bertz CT molecular complexity index is 1200. The van der Waals surface area contributed by atoms with Crippen LogP contribution in [-0.4, -0.2) is 31.8 Å². The second kappa shape index (κ2) is 8.08. The minimum atomic E-state index is -0.131. The highest BCUT2D eigenvalue weighted by molar-refractivity contribution is 7.99. The van der Waals surface area contributed by atoms with Crippen molar-refractivity contribution in [1.29, 1.82) is 0 Å². The smallest absolute Gasteiger partial charge is 0.258 e. The number of rotatable bonds is 6. The third kappa shape index (κ3) is 3.75. The van der Waals surface area contributed by atoms with E-state index in [1.165, 1.54) is 11.8 Å². The zero-order chi connectivity index (χ0) is 20.4. The van der Waals surface area contributed by atoms with Crippen molar-refractivity contribution in [2.75, 3.05) is 7.11 Å². The van der Waals surface area contributed by atoms with Gasteiger partial charge >= 0.3 is 0 Å². The van der Waals surface area contributed by atoms with Gasteiger partial charge in [0, 0.05) is 12.1 Å². The molecular formula is C21H21N5O2S. The van der Waals surface area contributed by atoms with Gasteiger partial charge in [-0.25, -0.2) is 4.98 Å². The summed E-state index contributed by atoms with van der Waals surface area (Å²) in [7, 11) is 1.64. The molecule has 4 rings (SSSR count). The van der Waals surface area contributed by atoms with Crippen LogP contribution in [0.1, 0.15) is 24.9 Å². The first-order valence-electron chi connectivity index (χ1n) is 9.34. The maximum absolute atomic E-state index is 12.4. The molecule has 1 atom stereocenters. The fraction of sp³-hybridized carbons (Fsp3) is 0.238. The molecule has 29 heavy (non-hydrogen) atoms. The third-order valence-electron chi connectivity index (χ3n) is 4.68. The van der Waals surface area contributed by atoms with Gasteiger partial charge in [0.2, 0.25) is 0 Å². The van der Waals surface area contributed by atoms with Gasteiger partial charge in [0.1, 0.15) is 11.6 Å². The molecule has 0 radical (unpaired) electrons. The van der Waals surface area contributed by atoms with Crippen molar-refractivity contribution in [3.8, 4) is 17.1 Å². The van der Waals surface area contributed by atoms with E-state index in [9.17, 15) is 4.79 Å². The topological polar surface area (TPSA) is 85.7 Å². The lowest BCUT2D eigenvalue weighted by Gasteiger charge is -2.12. The minimum absolute atomic E-state index is 0.0921. The molecule has 1 N–H and O–H groups in total. The molecule has 0 saturated carbocycles. The normalized spacial score (nSPS) is 12.2. The number of H-pyrrole nitrogens is 1. The number of aromatic amines is 1. The molecule has 4 aromatic rings. The maximum Gasteiger partial charge on any atom is 0.258 e. The largest absolute Gasteiger partial charge is 0.497 e. The first-order valence-corrected chi connectivity index (χ1v) is 10.2. The number of hydrogen-bond donors (Lipinski definition) is 1. The summed E-state index contributed by atoms with van der Waals surface area (Å²) in [5.74, 6) is 2.21. The Balaban J connectivity index is 1.64. The Kier molecular flexibility index (Phi) is 5.35. The van der Waals surface area contributed by atoms with Crippen LogP contribution in [0.4, 0.5) is 0 Å². The molecule has 0 saturated heterocycles. The molecule has 148 valence electrons.